The molecule has 0 aliphatic heterocycles. The average Bonchev–Trinajstić information content (AvgIpc) is 2.39. The van der Waals surface area contributed by atoms with E-state index in [9.17, 15) is 14.4 Å². The lowest BCUT2D eigenvalue weighted by molar-refractivity contribution is -0.137. The molecule has 20 heavy (non-hydrogen) atoms. The predicted molar refractivity (Wildman–Crippen MR) is 75.5 cm³/mol. The number of amides is 2. The number of benzene rings is 1. The number of imide groups is 1. The summed E-state index contributed by atoms with van der Waals surface area (Å²) in [5, 5.41) is 8.58. The Kier molecular flexibility index (Phi) is 5.90. The molecule has 2 amide bonds. The van der Waals surface area contributed by atoms with E-state index in [-0.39, 0.29) is 24.7 Å². The Bertz CT molecular complexity index is 493. The van der Waals surface area contributed by atoms with Gasteiger partial charge in [-0.25, -0.2) is 0 Å². The van der Waals surface area contributed by atoms with Gasteiger partial charge in [-0.1, -0.05) is 19.1 Å². The van der Waals surface area contributed by atoms with Crippen LogP contribution in [0.15, 0.2) is 24.3 Å². The number of rotatable bonds is 6. The van der Waals surface area contributed by atoms with Gasteiger partial charge in [0.1, 0.15) is 0 Å². The van der Waals surface area contributed by atoms with Gasteiger partial charge < -0.3 is 5.11 Å². The van der Waals surface area contributed by atoms with E-state index in [4.69, 9.17) is 5.11 Å². The van der Waals surface area contributed by atoms with E-state index >= 15 is 0 Å². The van der Waals surface area contributed by atoms with Gasteiger partial charge in [0, 0.05) is 19.8 Å². The van der Waals surface area contributed by atoms with Crippen LogP contribution in [-0.2, 0) is 20.8 Å². The number of hydrogen-bond acceptors (Lipinski definition) is 3. The minimum absolute atomic E-state index is 0.135. The highest BCUT2D eigenvalue weighted by atomic mass is 16.4. The molecule has 108 valence electrons. The van der Waals surface area contributed by atoms with E-state index in [0.29, 0.717) is 18.5 Å². The van der Waals surface area contributed by atoms with Crippen LogP contribution in [0.4, 0.5) is 5.69 Å². The summed E-state index contributed by atoms with van der Waals surface area (Å²) in [6.45, 7) is 3.06. The van der Waals surface area contributed by atoms with E-state index in [1.54, 1.807) is 19.1 Å². The second-order valence-corrected chi connectivity index (χ2v) is 4.52. The second-order valence-electron chi connectivity index (χ2n) is 4.52. The van der Waals surface area contributed by atoms with Gasteiger partial charge in [0.05, 0.1) is 5.69 Å². The molecular formula is C15H19NO4. The summed E-state index contributed by atoms with van der Waals surface area (Å²) in [6.07, 6.45) is 1.63. The normalized spacial score (nSPS) is 10.1. The first-order valence-electron chi connectivity index (χ1n) is 6.60. The molecule has 0 unspecified atom stereocenters. The molecule has 1 aromatic rings. The second kappa shape index (κ2) is 7.43. The Morgan fingerprint density at radius 3 is 2.20 bits per heavy atom. The molecule has 0 aliphatic carbocycles. The molecule has 0 atom stereocenters. The molecule has 0 saturated heterocycles. The Balaban J connectivity index is 2.76. The number of aliphatic carboxylic acids is 1. The van der Waals surface area contributed by atoms with Gasteiger partial charge in [0.25, 0.3) is 0 Å². The molecule has 0 bridgehead atoms. The molecule has 0 radical (unpaired) electrons. The van der Waals surface area contributed by atoms with Gasteiger partial charge in [-0.2, -0.15) is 0 Å². The lowest BCUT2D eigenvalue weighted by Gasteiger charge is -2.18. The monoisotopic (exact) mass is 277 g/mol. The number of aryl methyl sites for hydroxylation is 1. The smallest absolute Gasteiger partial charge is 0.303 e. The highest BCUT2D eigenvalue weighted by Crippen LogP contribution is 2.18. The largest absolute Gasteiger partial charge is 0.481 e. The quantitative estimate of drug-likeness (QED) is 0.866. The van der Waals surface area contributed by atoms with E-state index < -0.39 is 5.97 Å². The minimum atomic E-state index is -0.807. The number of hydrogen-bond donors (Lipinski definition) is 1. The van der Waals surface area contributed by atoms with E-state index in [0.717, 1.165) is 10.5 Å². The maximum Gasteiger partial charge on any atom is 0.303 e. The summed E-state index contributed by atoms with van der Waals surface area (Å²) in [5.41, 5.74) is 1.54. The standard InChI is InChI=1S/C15H19NO4/c1-3-14(18)16(11(2)17)13-9-7-12(8-10-13)5-4-6-15(19)20/h7-10H,3-6H2,1-2H3,(H,19,20). The number of carboxylic acids is 1. The van der Waals surface area contributed by atoms with Crippen LogP contribution in [0.1, 0.15) is 38.7 Å². The molecule has 5 heteroatoms. The van der Waals surface area contributed by atoms with Crippen molar-refractivity contribution in [3.8, 4) is 0 Å². The van der Waals surface area contributed by atoms with Crippen LogP contribution >= 0.6 is 0 Å². The highest BCUT2D eigenvalue weighted by Gasteiger charge is 2.17. The number of anilines is 1. The Hall–Kier alpha value is -2.17. The Morgan fingerprint density at radius 2 is 1.75 bits per heavy atom. The highest BCUT2D eigenvalue weighted by molar-refractivity contribution is 6.13. The van der Waals surface area contributed by atoms with E-state index in [1.807, 2.05) is 12.1 Å². The minimum Gasteiger partial charge on any atom is -0.481 e. The summed E-state index contributed by atoms with van der Waals surface area (Å²) in [4.78, 5) is 34.8. The molecule has 5 nitrogen and oxygen atoms in total. The summed E-state index contributed by atoms with van der Waals surface area (Å²) in [6, 6.07) is 7.06. The van der Waals surface area contributed by atoms with Crippen molar-refractivity contribution in [1.29, 1.82) is 0 Å². The summed E-state index contributed by atoms with van der Waals surface area (Å²) in [5.74, 6) is -1.36. The summed E-state index contributed by atoms with van der Waals surface area (Å²) < 4.78 is 0. The van der Waals surface area contributed by atoms with Crippen LogP contribution in [0.3, 0.4) is 0 Å². The van der Waals surface area contributed by atoms with Crippen LogP contribution in [0.5, 0.6) is 0 Å². The van der Waals surface area contributed by atoms with Crippen molar-refractivity contribution in [3.63, 3.8) is 0 Å². The molecule has 1 rings (SSSR count). The fourth-order valence-electron chi connectivity index (χ4n) is 1.91. The van der Waals surface area contributed by atoms with Gasteiger partial charge in [-0.05, 0) is 30.5 Å². The van der Waals surface area contributed by atoms with Crippen molar-refractivity contribution in [2.45, 2.75) is 39.5 Å². The van der Waals surface area contributed by atoms with Crippen molar-refractivity contribution in [3.05, 3.63) is 29.8 Å². The van der Waals surface area contributed by atoms with Crippen molar-refractivity contribution in [2.24, 2.45) is 0 Å². The van der Waals surface area contributed by atoms with Crippen molar-refractivity contribution in [2.75, 3.05) is 4.90 Å². The van der Waals surface area contributed by atoms with Crippen molar-refractivity contribution < 1.29 is 19.5 Å². The molecule has 0 spiro atoms. The molecule has 1 aromatic carbocycles. The zero-order chi connectivity index (χ0) is 15.1. The maximum atomic E-state index is 11.7. The number of carboxylic acid groups (broad SMARTS) is 1. The van der Waals surface area contributed by atoms with Crippen molar-refractivity contribution >= 4 is 23.5 Å². The molecule has 0 fully saturated rings. The third-order valence-electron chi connectivity index (χ3n) is 2.92. The first-order valence-corrected chi connectivity index (χ1v) is 6.60. The first kappa shape index (κ1) is 15.9. The van der Waals surface area contributed by atoms with Gasteiger partial charge in [-0.15, -0.1) is 0 Å². The molecule has 0 saturated carbocycles. The number of nitrogens with zero attached hydrogens (tertiary/aromatic N) is 1. The third kappa shape index (κ3) is 4.50. The van der Waals surface area contributed by atoms with Gasteiger partial charge >= 0.3 is 5.97 Å². The van der Waals surface area contributed by atoms with Gasteiger partial charge in [0.2, 0.25) is 11.8 Å². The fraction of sp³-hybridized carbons (Fsp3) is 0.400. The van der Waals surface area contributed by atoms with E-state index in [1.165, 1.54) is 6.92 Å². The van der Waals surface area contributed by atoms with Crippen LogP contribution < -0.4 is 4.90 Å². The third-order valence-corrected chi connectivity index (χ3v) is 2.92. The topological polar surface area (TPSA) is 74.7 Å². The SMILES string of the molecule is CCC(=O)N(C(C)=O)c1ccc(CCCC(=O)O)cc1. The Labute approximate surface area is 118 Å². The van der Waals surface area contributed by atoms with Gasteiger partial charge in [0.15, 0.2) is 0 Å². The zero-order valence-electron chi connectivity index (χ0n) is 11.8. The van der Waals surface area contributed by atoms with E-state index in [2.05, 4.69) is 0 Å². The maximum absolute atomic E-state index is 11.7. The number of carbonyl (C=O) groups is 3. The van der Waals surface area contributed by atoms with Crippen LogP contribution in [-0.4, -0.2) is 22.9 Å². The average molecular weight is 277 g/mol. The molecule has 0 aliphatic rings. The van der Waals surface area contributed by atoms with Crippen LogP contribution in [0, 0.1) is 0 Å². The Morgan fingerprint density at radius 1 is 1.15 bits per heavy atom. The summed E-state index contributed by atoms with van der Waals surface area (Å²) >= 11 is 0. The molecular weight excluding hydrogens is 258 g/mol. The molecule has 0 heterocycles. The molecule has 0 aromatic heterocycles. The predicted octanol–water partition coefficient (Wildman–Crippen LogP) is 2.38. The first-order chi connectivity index (χ1) is 9.45. The van der Waals surface area contributed by atoms with Crippen LogP contribution in [0.25, 0.3) is 0 Å². The van der Waals surface area contributed by atoms with Gasteiger partial charge in [-0.3, -0.25) is 19.3 Å². The van der Waals surface area contributed by atoms with Crippen LogP contribution in [0.2, 0.25) is 0 Å². The number of carbonyl (C=O) groups excluding carboxylic acids is 2. The molecule has 1 N–H and O–H groups in total. The lowest BCUT2D eigenvalue weighted by atomic mass is 10.1. The zero-order valence-corrected chi connectivity index (χ0v) is 11.8. The van der Waals surface area contributed by atoms with Crippen molar-refractivity contribution in [1.82, 2.24) is 0 Å². The summed E-state index contributed by atoms with van der Waals surface area (Å²) in [7, 11) is 0. The lowest BCUT2D eigenvalue weighted by Crippen LogP contribution is -2.34. The fourth-order valence-corrected chi connectivity index (χ4v) is 1.91.